The van der Waals surface area contributed by atoms with Gasteiger partial charge in [0.05, 0.1) is 0 Å². The van der Waals surface area contributed by atoms with E-state index in [-0.39, 0.29) is 18.0 Å². The molecule has 2 N–H and O–H groups in total. The summed E-state index contributed by atoms with van der Waals surface area (Å²) in [6.07, 6.45) is 1.38. The summed E-state index contributed by atoms with van der Waals surface area (Å²) in [5, 5.41) is 0. The monoisotopic (exact) mass is 499 g/mol. The molecule has 0 amide bonds. The van der Waals surface area contributed by atoms with Crippen LogP contribution in [0.3, 0.4) is 0 Å². The number of nitrogen functional groups attached to an aromatic ring is 1. The van der Waals surface area contributed by atoms with E-state index in [0.29, 0.717) is 13.0 Å². The van der Waals surface area contributed by atoms with E-state index < -0.39 is 31.1 Å². The van der Waals surface area contributed by atoms with Crippen LogP contribution in [0.4, 0.5) is 5.82 Å². The second-order valence-corrected chi connectivity index (χ2v) is 15.5. The van der Waals surface area contributed by atoms with Crippen LogP contribution in [0.15, 0.2) is 77.7 Å². The molecule has 2 saturated heterocycles. The predicted octanol–water partition coefficient (Wildman–Crippen LogP) is 0.785. The summed E-state index contributed by atoms with van der Waals surface area (Å²) < 4.78 is 23.1. The number of nitrogens with zero attached hydrogens (tertiary/aromatic N) is 2. The molecule has 0 spiro atoms. The summed E-state index contributed by atoms with van der Waals surface area (Å²) >= 11 is -3.83. The van der Waals surface area contributed by atoms with Gasteiger partial charge in [-0.05, 0) is 0 Å². The van der Waals surface area contributed by atoms with E-state index in [2.05, 4.69) is 29.2 Å². The molecule has 2 fully saturated rings. The Kier molecular flexibility index (Phi) is 4.90. The molecule has 0 unspecified atom stereocenters. The first-order valence-electron chi connectivity index (χ1n) is 9.59. The van der Waals surface area contributed by atoms with Crippen molar-refractivity contribution in [2.45, 2.75) is 24.9 Å². The maximum absolute atomic E-state index is 12.2. The number of nitrogens with two attached hydrogens (primary N) is 1. The van der Waals surface area contributed by atoms with Crippen LogP contribution in [-0.2, 0) is 10.9 Å². The third-order valence-corrected chi connectivity index (χ3v) is 15.1. The molecule has 1 aromatic heterocycles. The summed E-state index contributed by atoms with van der Waals surface area (Å²) in [6.45, 7) is 0.443. The molecular weight excluding hydrogens is 477 g/mol. The van der Waals surface area contributed by atoms with Crippen molar-refractivity contribution in [1.29, 1.82) is 0 Å². The van der Waals surface area contributed by atoms with Gasteiger partial charge in [-0.3, -0.25) is 0 Å². The first-order valence-corrected chi connectivity index (χ1v) is 14.8. The minimum atomic E-state index is -3.83. The molecule has 2 aliphatic heterocycles. The van der Waals surface area contributed by atoms with Crippen molar-refractivity contribution in [2.75, 3.05) is 12.3 Å². The average Bonchev–Trinajstić information content (AvgIpc) is 3.17. The van der Waals surface area contributed by atoms with E-state index in [4.69, 9.17) is 16.6 Å². The first kappa shape index (κ1) is 18.8. The fourth-order valence-electron chi connectivity index (χ4n) is 4.02. The zero-order chi connectivity index (χ0) is 19.8. The number of aromatic nitrogens is 2. The number of fused-ring (bicyclic) bond motifs is 1. The Morgan fingerprint density at radius 3 is 2.24 bits per heavy atom. The van der Waals surface area contributed by atoms with Crippen molar-refractivity contribution in [2.24, 2.45) is 0 Å². The van der Waals surface area contributed by atoms with Gasteiger partial charge in [-0.2, -0.15) is 0 Å². The van der Waals surface area contributed by atoms with Crippen molar-refractivity contribution in [1.82, 2.24) is 9.55 Å². The Balaban J connectivity index is 1.48. The Bertz CT molecular complexity index is 1020. The summed E-state index contributed by atoms with van der Waals surface area (Å²) in [4.78, 5) is 16.0. The van der Waals surface area contributed by atoms with Crippen molar-refractivity contribution >= 4 is 32.2 Å². The van der Waals surface area contributed by atoms with E-state index >= 15 is 0 Å². The molecule has 3 atom stereocenters. The number of anilines is 1. The normalized spacial score (nSPS) is 25.4. The van der Waals surface area contributed by atoms with Gasteiger partial charge in [0.15, 0.2) is 0 Å². The van der Waals surface area contributed by atoms with Gasteiger partial charge in [0.2, 0.25) is 0 Å². The van der Waals surface area contributed by atoms with Crippen LogP contribution < -0.4 is 18.6 Å². The number of benzene rings is 2. The fourth-order valence-corrected chi connectivity index (χ4v) is 13.6. The van der Waals surface area contributed by atoms with Gasteiger partial charge >= 0.3 is 173 Å². The first-order chi connectivity index (χ1) is 14.2. The van der Waals surface area contributed by atoms with Crippen LogP contribution in [0.1, 0.15) is 12.6 Å². The molecule has 0 radical (unpaired) electrons. The molecule has 2 aromatic carbocycles. The quantitative estimate of drug-likeness (QED) is 0.538. The number of ether oxygens (including phenoxy) is 1. The van der Waals surface area contributed by atoms with Gasteiger partial charge in [-0.15, -0.1) is 0 Å². The van der Waals surface area contributed by atoms with E-state index in [1.807, 2.05) is 36.4 Å². The van der Waals surface area contributed by atoms with Crippen LogP contribution in [0.5, 0.6) is 0 Å². The molecule has 7 nitrogen and oxygen atoms in total. The second kappa shape index (κ2) is 7.56. The molecule has 29 heavy (non-hydrogen) atoms. The van der Waals surface area contributed by atoms with Crippen LogP contribution in [0, 0.1) is 0 Å². The molecule has 0 bridgehead atoms. The van der Waals surface area contributed by atoms with Crippen LogP contribution in [-0.4, -0.2) is 47.6 Å². The van der Waals surface area contributed by atoms with E-state index in [0.717, 1.165) is 7.16 Å². The van der Waals surface area contributed by atoms with Crippen molar-refractivity contribution < 1.29 is 10.9 Å². The summed E-state index contributed by atoms with van der Waals surface area (Å²) in [5.41, 5.74) is 5.19. The second-order valence-electron chi connectivity index (χ2n) is 7.22. The zero-order valence-electron chi connectivity index (χ0n) is 15.7. The SMILES string of the molecule is Nc1ccn([C@@H]2C[C@H]3[O][Sn]([c]4ccccc4)([c]4ccccc4)[O]C[C@H]3O2)c(=O)n1. The Labute approximate surface area is 173 Å². The Morgan fingerprint density at radius 1 is 0.966 bits per heavy atom. The van der Waals surface area contributed by atoms with E-state index in [1.165, 1.54) is 4.57 Å². The molecule has 5 rings (SSSR count). The Morgan fingerprint density at radius 2 is 1.62 bits per heavy atom. The number of hydrogen-bond acceptors (Lipinski definition) is 6. The molecular formula is C21H21N3O4Sn. The molecule has 3 aromatic rings. The van der Waals surface area contributed by atoms with Gasteiger partial charge in [0, 0.05) is 0 Å². The number of hydrogen-bond donors (Lipinski definition) is 1. The predicted molar refractivity (Wildman–Crippen MR) is 110 cm³/mol. The average molecular weight is 498 g/mol. The van der Waals surface area contributed by atoms with Crippen molar-refractivity contribution in [3.8, 4) is 0 Å². The molecule has 0 aliphatic carbocycles. The van der Waals surface area contributed by atoms with Crippen LogP contribution in [0.2, 0.25) is 0 Å². The van der Waals surface area contributed by atoms with Crippen molar-refractivity contribution in [3.63, 3.8) is 0 Å². The molecule has 8 heteroatoms. The third-order valence-electron chi connectivity index (χ3n) is 5.42. The summed E-state index contributed by atoms with van der Waals surface area (Å²) in [5.74, 6) is 0.199. The molecule has 148 valence electrons. The van der Waals surface area contributed by atoms with E-state index in [1.54, 1.807) is 12.3 Å². The molecule has 2 aliphatic rings. The van der Waals surface area contributed by atoms with Gasteiger partial charge in [-0.1, -0.05) is 0 Å². The van der Waals surface area contributed by atoms with Gasteiger partial charge < -0.3 is 0 Å². The standard InChI is InChI=1S/C9H11N3O4.2C6H5.Sn/c10-7-1-2-12(9(15)11-7)8-3-5(14)6(4-13)16-8;2*1-2-4-6-5-3-1;/h1-2,5-6,8H,3-4H2,(H2,10,11,15);2*1-5H;/q-2;;;+2/t5-,6-,8+;;;/m1.../s1. The summed E-state index contributed by atoms with van der Waals surface area (Å²) in [6, 6.07) is 22.0. The van der Waals surface area contributed by atoms with Crippen LogP contribution in [0.25, 0.3) is 0 Å². The minimum absolute atomic E-state index is 0.144. The zero-order valence-corrected chi connectivity index (χ0v) is 18.5. The van der Waals surface area contributed by atoms with Gasteiger partial charge in [-0.25, -0.2) is 0 Å². The summed E-state index contributed by atoms with van der Waals surface area (Å²) in [7, 11) is 0. The Hall–Kier alpha value is -2.20. The van der Waals surface area contributed by atoms with Gasteiger partial charge in [0.1, 0.15) is 0 Å². The van der Waals surface area contributed by atoms with Crippen LogP contribution >= 0.6 is 0 Å². The van der Waals surface area contributed by atoms with E-state index in [9.17, 15) is 4.79 Å². The molecule has 3 heterocycles. The number of rotatable bonds is 3. The van der Waals surface area contributed by atoms with Crippen molar-refractivity contribution in [3.05, 3.63) is 83.4 Å². The topological polar surface area (TPSA) is 88.6 Å². The third kappa shape index (κ3) is 3.37. The maximum atomic E-state index is 12.2. The van der Waals surface area contributed by atoms with Gasteiger partial charge in [0.25, 0.3) is 0 Å². The molecule has 0 saturated carbocycles. The fraction of sp³-hybridized carbons (Fsp3) is 0.238.